The Morgan fingerprint density at radius 1 is 1.23 bits per heavy atom. The second-order valence-electron chi connectivity index (χ2n) is 7.90. The molecule has 1 heterocycles. The lowest BCUT2D eigenvalue weighted by molar-refractivity contribution is 0.0913. The van der Waals surface area contributed by atoms with Crippen LogP contribution in [-0.4, -0.2) is 16.0 Å². The Labute approximate surface area is 174 Å². The first-order valence-corrected chi connectivity index (χ1v) is 10.1. The van der Waals surface area contributed by atoms with Gasteiger partial charge in [-0.15, -0.1) is 0 Å². The van der Waals surface area contributed by atoms with Crippen molar-refractivity contribution in [2.45, 2.75) is 45.3 Å². The Hall–Kier alpha value is -3.22. The molecule has 0 saturated heterocycles. The molecule has 0 aliphatic heterocycles. The average molecular weight is 409 g/mol. The first-order valence-electron chi connectivity index (χ1n) is 10.1. The van der Waals surface area contributed by atoms with Gasteiger partial charge in [0, 0.05) is 11.5 Å². The fourth-order valence-corrected chi connectivity index (χ4v) is 3.09. The molecular weight excluding hydrogens is 385 g/mol. The number of hydrogen-bond donors (Lipinski definition) is 1. The quantitative estimate of drug-likeness (QED) is 0.579. The largest absolute Gasteiger partial charge is 0.489 e. The van der Waals surface area contributed by atoms with E-state index in [0.717, 1.165) is 24.2 Å². The number of ether oxygens (including phenoxy) is 1. The fourth-order valence-electron chi connectivity index (χ4n) is 3.09. The zero-order valence-electron chi connectivity index (χ0n) is 17.0. The predicted molar refractivity (Wildman–Crippen MR) is 108 cm³/mol. The van der Waals surface area contributed by atoms with Gasteiger partial charge in [0.25, 0.3) is 5.91 Å². The van der Waals surface area contributed by atoms with E-state index in [1.54, 1.807) is 36.4 Å². The highest BCUT2D eigenvalue weighted by atomic mass is 19.1. The van der Waals surface area contributed by atoms with Gasteiger partial charge in [0.2, 0.25) is 5.89 Å². The van der Waals surface area contributed by atoms with Gasteiger partial charge < -0.3 is 14.6 Å². The van der Waals surface area contributed by atoms with Gasteiger partial charge in [-0.05, 0) is 54.7 Å². The van der Waals surface area contributed by atoms with E-state index in [-0.39, 0.29) is 30.3 Å². The number of rotatable bonds is 8. The van der Waals surface area contributed by atoms with Gasteiger partial charge in [0.05, 0.1) is 0 Å². The van der Waals surface area contributed by atoms with E-state index in [9.17, 15) is 9.18 Å². The van der Waals surface area contributed by atoms with Gasteiger partial charge in [0.15, 0.2) is 5.82 Å². The van der Waals surface area contributed by atoms with Crippen LogP contribution in [-0.2, 0) is 6.61 Å². The van der Waals surface area contributed by atoms with Crippen LogP contribution < -0.4 is 10.1 Å². The molecular formula is C23H24FN3O3. The maximum atomic E-state index is 13.0. The van der Waals surface area contributed by atoms with Crippen molar-refractivity contribution in [1.82, 2.24) is 15.5 Å². The maximum Gasteiger partial charge on any atom is 0.252 e. The Bertz CT molecular complexity index is 1010. The molecule has 0 spiro atoms. The van der Waals surface area contributed by atoms with Crippen molar-refractivity contribution in [3.63, 3.8) is 0 Å². The van der Waals surface area contributed by atoms with Gasteiger partial charge in [0.1, 0.15) is 24.2 Å². The van der Waals surface area contributed by atoms with Gasteiger partial charge in [-0.2, -0.15) is 4.98 Å². The van der Waals surface area contributed by atoms with Crippen molar-refractivity contribution >= 4 is 5.91 Å². The van der Waals surface area contributed by atoms with Crippen molar-refractivity contribution in [2.75, 3.05) is 0 Å². The number of benzene rings is 2. The number of halogens is 1. The topological polar surface area (TPSA) is 77.2 Å². The lowest BCUT2D eigenvalue weighted by Gasteiger charge is -2.18. The van der Waals surface area contributed by atoms with Crippen molar-refractivity contribution in [3.05, 3.63) is 77.2 Å². The number of nitrogens with one attached hydrogen (secondary N) is 1. The lowest BCUT2D eigenvalue weighted by Crippen LogP contribution is -2.32. The molecule has 1 fully saturated rings. The van der Waals surface area contributed by atoms with Crippen LogP contribution in [0.1, 0.15) is 66.3 Å². The molecule has 1 N–H and O–H groups in total. The maximum absolute atomic E-state index is 13.0. The summed E-state index contributed by atoms with van der Waals surface area (Å²) in [4.78, 5) is 17.3. The average Bonchev–Trinajstić information content (AvgIpc) is 3.49. The van der Waals surface area contributed by atoms with Gasteiger partial charge in [-0.25, -0.2) is 4.39 Å². The molecule has 156 valence electrons. The zero-order chi connectivity index (χ0) is 21.1. The summed E-state index contributed by atoms with van der Waals surface area (Å²) >= 11 is 0. The second kappa shape index (κ2) is 8.65. The van der Waals surface area contributed by atoms with E-state index in [0.29, 0.717) is 23.1 Å². The molecule has 1 unspecified atom stereocenters. The van der Waals surface area contributed by atoms with Crippen molar-refractivity contribution in [2.24, 2.45) is 5.92 Å². The summed E-state index contributed by atoms with van der Waals surface area (Å²) in [5.41, 5.74) is 1.31. The van der Waals surface area contributed by atoms with E-state index in [4.69, 9.17) is 9.26 Å². The Kier molecular flexibility index (Phi) is 5.79. The first kappa shape index (κ1) is 20.1. The minimum atomic E-state index is -0.374. The number of nitrogens with zero attached hydrogens (tertiary/aromatic N) is 2. The molecule has 4 rings (SSSR count). The van der Waals surface area contributed by atoms with E-state index in [1.807, 2.05) is 13.8 Å². The molecule has 0 bridgehead atoms. The van der Waals surface area contributed by atoms with Crippen molar-refractivity contribution < 1.29 is 18.4 Å². The molecule has 1 aromatic heterocycles. The SMILES string of the molecule is CC(C)C(NC(=O)c1cccc(OCc2ccc(F)cc2)c1)c1nc(C2CC2)no1. The summed E-state index contributed by atoms with van der Waals surface area (Å²) < 4.78 is 24.2. The van der Waals surface area contributed by atoms with Crippen molar-refractivity contribution in [3.8, 4) is 5.75 Å². The van der Waals surface area contributed by atoms with Crippen LogP contribution in [0, 0.1) is 11.7 Å². The van der Waals surface area contributed by atoms with Gasteiger partial charge >= 0.3 is 0 Å². The van der Waals surface area contributed by atoms with Crippen LogP contribution in [0.4, 0.5) is 4.39 Å². The van der Waals surface area contributed by atoms with Gasteiger partial charge in [-0.1, -0.05) is 37.2 Å². The van der Waals surface area contributed by atoms with Crippen molar-refractivity contribution in [1.29, 1.82) is 0 Å². The zero-order valence-corrected chi connectivity index (χ0v) is 17.0. The van der Waals surface area contributed by atoms with E-state index >= 15 is 0 Å². The summed E-state index contributed by atoms with van der Waals surface area (Å²) in [5, 5.41) is 7.05. The second-order valence-corrected chi connectivity index (χ2v) is 7.90. The highest BCUT2D eigenvalue weighted by Crippen LogP contribution is 2.38. The molecule has 0 radical (unpaired) electrons. The van der Waals surface area contributed by atoms with Crippen LogP contribution in [0.3, 0.4) is 0 Å². The minimum absolute atomic E-state index is 0.0827. The standard InChI is InChI=1S/C23H24FN3O3/c1-14(2)20(23-26-21(27-30-23)16-8-9-16)25-22(28)17-4-3-5-19(12-17)29-13-15-6-10-18(24)11-7-15/h3-7,10-12,14,16,20H,8-9,13H2,1-2H3,(H,25,28). The predicted octanol–water partition coefficient (Wildman–Crippen LogP) is 4.79. The van der Waals surface area contributed by atoms with Crippen LogP contribution in [0.25, 0.3) is 0 Å². The monoisotopic (exact) mass is 409 g/mol. The molecule has 3 aromatic rings. The Morgan fingerprint density at radius 2 is 2.00 bits per heavy atom. The Morgan fingerprint density at radius 3 is 2.70 bits per heavy atom. The summed E-state index contributed by atoms with van der Waals surface area (Å²) in [6, 6.07) is 12.7. The van der Waals surface area contributed by atoms with E-state index in [1.165, 1.54) is 12.1 Å². The lowest BCUT2D eigenvalue weighted by atomic mass is 10.0. The molecule has 1 aliphatic rings. The summed E-state index contributed by atoms with van der Waals surface area (Å²) in [6.07, 6.45) is 2.17. The number of amides is 1. The third-order valence-corrected chi connectivity index (χ3v) is 5.03. The third kappa shape index (κ3) is 4.84. The van der Waals surface area contributed by atoms with E-state index < -0.39 is 0 Å². The number of carbonyl (C=O) groups excluding carboxylic acids is 1. The van der Waals surface area contributed by atoms with E-state index in [2.05, 4.69) is 15.5 Å². The smallest absolute Gasteiger partial charge is 0.252 e. The number of hydrogen-bond acceptors (Lipinski definition) is 5. The Balaban J connectivity index is 1.42. The fraction of sp³-hybridized carbons (Fsp3) is 0.348. The molecule has 1 aliphatic carbocycles. The molecule has 2 aromatic carbocycles. The molecule has 1 amide bonds. The summed E-state index contributed by atoms with van der Waals surface area (Å²) in [7, 11) is 0. The first-order chi connectivity index (χ1) is 14.5. The number of carbonyl (C=O) groups is 1. The minimum Gasteiger partial charge on any atom is -0.489 e. The summed E-state index contributed by atoms with van der Waals surface area (Å²) in [6.45, 7) is 4.27. The molecule has 1 atom stereocenters. The summed E-state index contributed by atoms with van der Waals surface area (Å²) in [5.74, 6) is 1.65. The van der Waals surface area contributed by atoms with Gasteiger partial charge in [-0.3, -0.25) is 4.79 Å². The third-order valence-electron chi connectivity index (χ3n) is 5.03. The molecule has 6 nitrogen and oxygen atoms in total. The van der Waals surface area contributed by atoms with Crippen LogP contribution >= 0.6 is 0 Å². The highest BCUT2D eigenvalue weighted by molar-refractivity contribution is 5.94. The van der Waals surface area contributed by atoms with Crippen LogP contribution in [0.2, 0.25) is 0 Å². The highest BCUT2D eigenvalue weighted by Gasteiger charge is 2.31. The molecule has 30 heavy (non-hydrogen) atoms. The van der Waals surface area contributed by atoms with Crippen LogP contribution in [0.15, 0.2) is 53.1 Å². The number of aromatic nitrogens is 2. The molecule has 1 saturated carbocycles. The molecule has 7 heteroatoms. The van der Waals surface area contributed by atoms with Crippen LogP contribution in [0.5, 0.6) is 5.75 Å². The normalized spacial score (nSPS) is 14.5.